The highest BCUT2D eigenvalue weighted by molar-refractivity contribution is 7.91. The van der Waals surface area contributed by atoms with Crippen LogP contribution in [0.25, 0.3) is 11.2 Å². The largest absolute Gasteiger partial charge is 0.369 e. The number of aromatic nitrogens is 3. The molecule has 0 saturated carbocycles. The summed E-state index contributed by atoms with van der Waals surface area (Å²) in [4.78, 5) is 8.47. The number of sulfone groups is 1. The molecule has 0 aliphatic carbocycles. The number of imidazole rings is 1. The molecule has 0 amide bonds. The average molecular weight is 266 g/mol. The quantitative estimate of drug-likeness (QED) is 0.852. The standard InChI is InChI=1S/C11H14N4O2S/c12-11-14-9-2-1-4-13-10(9)15(11)6-8-3-5-18(16,17)7-8/h1-2,4,8H,3,5-7H2,(H2,12,14). The van der Waals surface area contributed by atoms with Gasteiger partial charge < -0.3 is 5.73 Å². The van der Waals surface area contributed by atoms with Crippen LogP contribution >= 0.6 is 0 Å². The third kappa shape index (κ3) is 1.94. The Morgan fingerprint density at radius 2 is 2.33 bits per heavy atom. The van der Waals surface area contributed by atoms with Crippen LogP contribution in [0.4, 0.5) is 5.95 Å². The maximum absolute atomic E-state index is 11.4. The van der Waals surface area contributed by atoms with E-state index in [4.69, 9.17) is 5.73 Å². The summed E-state index contributed by atoms with van der Waals surface area (Å²) in [5, 5.41) is 0. The summed E-state index contributed by atoms with van der Waals surface area (Å²) in [6.07, 6.45) is 2.37. The van der Waals surface area contributed by atoms with Crippen molar-refractivity contribution in [3.63, 3.8) is 0 Å². The molecule has 1 unspecified atom stereocenters. The van der Waals surface area contributed by atoms with Crippen molar-refractivity contribution in [2.75, 3.05) is 17.2 Å². The van der Waals surface area contributed by atoms with Gasteiger partial charge in [-0.05, 0) is 24.5 Å². The monoisotopic (exact) mass is 266 g/mol. The van der Waals surface area contributed by atoms with Gasteiger partial charge in [0.1, 0.15) is 5.52 Å². The second kappa shape index (κ2) is 3.94. The van der Waals surface area contributed by atoms with Crippen LogP contribution in [0.5, 0.6) is 0 Å². The van der Waals surface area contributed by atoms with E-state index in [1.54, 1.807) is 16.8 Å². The molecule has 3 heterocycles. The van der Waals surface area contributed by atoms with Crippen molar-refractivity contribution in [2.45, 2.75) is 13.0 Å². The van der Waals surface area contributed by atoms with Crippen molar-refractivity contribution in [3.05, 3.63) is 18.3 Å². The Morgan fingerprint density at radius 1 is 1.50 bits per heavy atom. The van der Waals surface area contributed by atoms with Crippen molar-refractivity contribution in [3.8, 4) is 0 Å². The van der Waals surface area contributed by atoms with Crippen LogP contribution in [0.15, 0.2) is 18.3 Å². The van der Waals surface area contributed by atoms with E-state index in [0.717, 1.165) is 11.2 Å². The lowest BCUT2D eigenvalue weighted by Gasteiger charge is -2.10. The van der Waals surface area contributed by atoms with Gasteiger partial charge in [0.2, 0.25) is 5.95 Å². The van der Waals surface area contributed by atoms with Gasteiger partial charge in [-0.1, -0.05) is 0 Å². The molecule has 1 aliphatic heterocycles. The molecule has 2 aromatic heterocycles. The molecule has 0 bridgehead atoms. The SMILES string of the molecule is Nc1nc2cccnc2n1CC1CCS(=O)(=O)C1. The number of hydrogen-bond donors (Lipinski definition) is 1. The van der Waals surface area contributed by atoms with Crippen LogP contribution in [0.3, 0.4) is 0 Å². The van der Waals surface area contributed by atoms with E-state index in [1.165, 1.54) is 0 Å². The molecular weight excluding hydrogens is 252 g/mol. The molecule has 7 heteroatoms. The average Bonchev–Trinajstić information content (AvgIpc) is 2.81. The molecule has 0 aromatic carbocycles. The first-order valence-corrected chi connectivity index (χ1v) is 7.64. The van der Waals surface area contributed by atoms with Crippen LogP contribution in [0, 0.1) is 5.92 Å². The Hall–Kier alpha value is -1.63. The van der Waals surface area contributed by atoms with Gasteiger partial charge >= 0.3 is 0 Å². The minimum Gasteiger partial charge on any atom is -0.369 e. The maximum atomic E-state index is 11.4. The number of rotatable bonds is 2. The minimum absolute atomic E-state index is 0.108. The lowest BCUT2D eigenvalue weighted by molar-refractivity contribution is 0.501. The third-order valence-electron chi connectivity index (χ3n) is 3.30. The number of hydrogen-bond acceptors (Lipinski definition) is 5. The Bertz CT molecular complexity index is 692. The topological polar surface area (TPSA) is 90.9 Å². The van der Waals surface area contributed by atoms with Gasteiger partial charge in [0, 0.05) is 12.7 Å². The fourth-order valence-electron chi connectivity index (χ4n) is 2.43. The van der Waals surface area contributed by atoms with Crippen LogP contribution in [-0.2, 0) is 16.4 Å². The molecule has 2 N–H and O–H groups in total. The highest BCUT2D eigenvalue weighted by atomic mass is 32.2. The first kappa shape index (κ1) is 11.5. The molecule has 1 atom stereocenters. The Labute approximate surface area is 105 Å². The summed E-state index contributed by atoms with van der Waals surface area (Å²) >= 11 is 0. The zero-order valence-electron chi connectivity index (χ0n) is 9.78. The molecule has 0 radical (unpaired) electrons. The number of nitrogens with zero attached hydrogens (tertiary/aromatic N) is 3. The number of nitrogen functional groups attached to an aromatic ring is 1. The van der Waals surface area contributed by atoms with Gasteiger partial charge in [-0.25, -0.2) is 18.4 Å². The van der Waals surface area contributed by atoms with E-state index < -0.39 is 9.84 Å². The fourth-order valence-corrected chi connectivity index (χ4v) is 4.28. The first-order valence-electron chi connectivity index (χ1n) is 5.82. The van der Waals surface area contributed by atoms with Crippen molar-refractivity contribution in [1.82, 2.24) is 14.5 Å². The molecular formula is C11H14N4O2S. The highest BCUT2D eigenvalue weighted by Crippen LogP contribution is 2.23. The van der Waals surface area contributed by atoms with Crippen molar-refractivity contribution in [2.24, 2.45) is 5.92 Å². The Balaban J connectivity index is 1.93. The lowest BCUT2D eigenvalue weighted by atomic mass is 10.1. The summed E-state index contributed by atoms with van der Waals surface area (Å²) in [6.45, 7) is 0.568. The van der Waals surface area contributed by atoms with Gasteiger partial charge in [-0.3, -0.25) is 4.57 Å². The van der Waals surface area contributed by atoms with E-state index >= 15 is 0 Å². The van der Waals surface area contributed by atoms with Crippen LogP contribution in [-0.4, -0.2) is 34.5 Å². The second-order valence-electron chi connectivity index (χ2n) is 4.70. The third-order valence-corrected chi connectivity index (χ3v) is 5.14. The summed E-state index contributed by atoms with van der Waals surface area (Å²) in [5.41, 5.74) is 7.33. The van der Waals surface area contributed by atoms with Gasteiger partial charge in [-0.2, -0.15) is 0 Å². The van der Waals surface area contributed by atoms with E-state index in [-0.39, 0.29) is 17.4 Å². The zero-order chi connectivity index (χ0) is 12.8. The van der Waals surface area contributed by atoms with Crippen molar-refractivity contribution >= 4 is 26.9 Å². The smallest absolute Gasteiger partial charge is 0.202 e. The van der Waals surface area contributed by atoms with Crippen molar-refractivity contribution < 1.29 is 8.42 Å². The van der Waals surface area contributed by atoms with Gasteiger partial charge in [-0.15, -0.1) is 0 Å². The van der Waals surface area contributed by atoms with Crippen LogP contribution < -0.4 is 5.73 Å². The molecule has 18 heavy (non-hydrogen) atoms. The minimum atomic E-state index is -2.86. The molecule has 1 aliphatic rings. The van der Waals surface area contributed by atoms with Gasteiger partial charge in [0.25, 0.3) is 0 Å². The number of pyridine rings is 1. The predicted octanol–water partition coefficient (Wildman–Crippen LogP) is 0.448. The molecule has 1 saturated heterocycles. The summed E-state index contributed by atoms with van der Waals surface area (Å²) in [7, 11) is -2.86. The number of anilines is 1. The molecule has 6 nitrogen and oxygen atoms in total. The molecule has 3 rings (SSSR count). The van der Waals surface area contributed by atoms with Crippen molar-refractivity contribution in [1.29, 1.82) is 0 Å². The Kier molecular flexibility index (Phi) is 2.51. The Morgan fingerprint density at radius 3 is 3.06 bits per heavy atom. The predicted molar refractivity (Wildman–Crippen MR) is 68.7 cm³/mol. The maximum Gasteiger partial charge on any atom is 0.202 e. The second-order valence-corrected chi connectivity index (χ2v) is 6.92. The van der Waals surface area contributed by atoms with E-state index in [1.807, 2.05) is 6.07 Å². The lowest BCUT2D eigenvalue weighted by Crippen LogP contribution is -2.14. The van der Waals surface area contributed by atoms with Crippen LogP contribution in [0.2, 0.25) is 0 Å². The van der Waals surface area contributed by atoms with E-state index in [2.05, 4.69) is 9.97 Å². The summed E-state index contributed by atoms with van der Waals surface area (Å²) in [6, 6.07) is 3.65. The highest BCUT2D eigenvalue weighted by Gasteiger charge is 2.29. The number of nitrogens with two attached hydrogens (primary N) is 1. The summed E-state index contributed by atoms with van der Waals surface area (Å²) in [5.74, 6) is 1.01. The van der Waals surface area contributed by atoms with E-state index in [9.17, 15) is 8.42 Å². The summed E-state index contributed by atoms with van der Waals surface area (Å²) < 4.78 is 24.7. The first-order chi connectivity index (χ1) is 8.55. The zero-order valence-corrected chi connectivity index (χ0v) is 10.6. The molecule has 1 fully saturated rings. The van der Waals surface area contributed by atoms with E-state index in [0.29, 0.717) is 18.9 Å². The molecule has 96 valence electrons. The van der Waals surface area contributed by atoms with Crippen LogP contribution in [0.1, 0.15) is 6.42 Å². The van der Waals surface area contributed by atoms with Gasteiger partial charge in [0.05, 0.1) is 11.5 Å². The number of fused-ring (bicyclic) bond motifs is 1. The normalized spacial score (nSPS) is 22.6. The molecule has 2 aromatic rings. The molecule has 0 spiro atoms. The fraction of sp³-hybridized carbons (Fsp3) is 0.455. The van der Waals surface area contributed by atoms with Gasteiger partial charge in [0.15, 0.2) is 15.5 Å².